The Bertz CT molecular complexity index is 625. The molecule has 2 aromatic rings. The maximum Gasteiger partial charge on any atom is 0.416 e. The molecule has 1 unspecified atom stereocenters. The lowest BCUT2D eigenvalue weighted by molar-refractivity contribution is -0.137. The van der Waals surface area contributed by atoms with E-state index >= 15 is 0 Å². The molecular weight excluding hydrogens is 338 g/mol. The van der Waals surface area contributed by atoms with Crippen LogP contribution >= 0.6 is 15.9 Å². The zero-order valence-electron chi connectivity index (χ0n) is 10.1. The van der Waals surface area contributed by atoms with Crippen LogP contribution in [0.25, 0.3) is 0 Å². The summed E-state index contributed by atoms with van der Waals surface area (Å²) in [5.41, 5.74) is 5.82. The number of benzene rings is 2. The second-order valence-electron chi connectivity index (χ2n) is 4.27. The molecule has 2 rings (SSSR count). The van der Waals surface area contributed by atoms with Crippen molar-refractivity contribution in [1.29, 1.82) is 0 Å². The molecule has 0 spiro atoms. The monoisotopic (exact) mass is 347 g/mol. The summed E-state index contributed by atoms with van der Waals surface area (Å²) in [6, 6.07) is 7.78. The summed E-state index contributed by atoms with van der Waals surface area (Å²) in [6.07, 6.45) is -4.44. The van der Waals surface area contributed by atoms with Crippen LogP contribution in [0.15, 0.2) is 46.9 Å². The quantitative estimate of drug-likeness (QED) is 0.786. The van der Waals surface area contributed by atoms with E-state index in [2.05, 4.69) is 15.9 Å². The molecule has 0 aliphatic carbocycles. The molecule has 0 amide bonds. The molecule has 0 fully saturated rings. The van der Waals surface area contributed by atoms with Crippen molar-refractivity contribution in [2.75, 3.05) is 0 Å². The molecule has 1 nitrogen and oxygen atoms in total. The third kappa shape index (κ3) is 3.19. The second-order valence-corrected chi connectivity index (χ2v) is 5.12. The average Bonchev–Trinajstić information content (AvgIpc) is 2.40. The van der Waals surface area contributed by atoms with Gasteiger partial charge in [-0.2, -0.15) is 13.2 Å². The first kappa shape index (κ1) is 15.0. The van der Waals surface area contributed by atoms with E-state index in [4.69, 9.17) is 5.73 Å². The molecule has 106 valence electrons. The normalized spacial score (nSPS) is 13.3. The first-order valence-electron chi connectivity index (χ1n) is 5.66. The zero-order valence-corrected chi connectivity index (χ0v) is 11.7. The van der Waals surface area contributed by atoms with Crippen molar-refractivity contribution >= 4 is 15.9 Å². The van der Waals surface area contributed by atoms with Crippen LogP contribution in [0, 0.1) is 5.82 Å². The highest BCUT2D eigenvalue weighted by atomic mass is 79.9. The van der Waals surface area contributed by atoms with Gasteiger partial charge in [-0.1, -0.05) is 28.1 Å². The maximum atomic E-state index is 13.2. The van der Waals surface area contributed by atoms with E-state index in [1.54, 1.807) is 0 Å². The van der Waals surface area contributed by atoms with E-state index < -0.39 is 23.6 Å². The number of hydrogen-bond acceptors (Lipinski definition) is 1. The van der Waals surface area contributed by atoms with Gasteiger partial charge in [0.15, 0.2) is 0 Å². The lowest BCUT2D eigenvalue weighted by atomic mass is 9.98. The Balaban J connectivity index is 2.43. The largest absolute Gasteiger partial charge is 0.416 e. The van der Waals surface area contributed by atoms with E-state index in [1.807, 2.05) is 0 Å². The smallest absolute Gasteiger partial charge is 0.320 e. The van der Waals surface area contributed by atoms with Gasteiger partial charge < -0.3 is 5.73 Å². The van der Waals surface area contributed by atoms with E-state index in [0.29, 0.717) is 10.0 Å². The van der Waals surface area contributed by atoms with Crippen molar-refractivity contribution < 1.29 is 17.6 Å². The Labute approximate surface area is 121 Å². The fourth-order valence-electron chi connectivity index (χ4n) is 1.84. The van der Waals surface area contributed by atoms with Crippen molar-refractivity contribution in [2.24, 2.45) is 5.73 Å². The highest BCUT2D eigenvalue weighted by molar-refractivity contribution is 9.10. The predicted octanol–water partition coefficient (Wildman–Crippen LogP) is 4.66. The lowest BCUT2D eigenvalue weighted by Crippen LogP contribution is -2.14. The third-order valence-corrected chi connectivity index (χ3v) is 3.59. The summed E-state index contributed by atoms with van der Waals surface area (Å²) >= 11 is 3.22. The van der Waals surface area contributed by atoms with Gasteiger partial charge in [-0.25, -0.2) is 4.39 Å². The molecule has 1 atom stereocenters. The first-order valence-corrected chi connectivity index (χ1v) is 6.46. The molecule has 0 aliphatic heterocycles. The summed E-state index contributed by atoms with van der Waals surface area (Å²) < 4.78 is 51.8. The Morgan fingerprint density at radius 2 is 1.75 bits per heavy atom. The summed E-state index contributed by atoms with van der Waals surface area (Å²) in [6.45, 7) is 0. The summed E-state index contributed by atoms with van der Waals surface area (Å²) in [5.74, 6) is -0.495. The first-order chi connectivity index (χ1) is 9.29. The maximum absolute atomic E-state index is 13.2. The molecule has 20 heavy (non-hydrogen) atoms. The Hall–Kier alpha value is -1.40. The lowest BCUT2D eigenvalue weighted by Gasteiger charge is -2.16. The van der Waals surface area contributed by atoms with Crippen molar-refractivity contribution in [3.63, 3.8) is 0 Å². The fraction of sp³-hybridized carbons (Fsp3) is 0.143. The Morgan fingerprint density at radius 3 is 2.40 bits per heavy atom. The van der Waals surface area contributed by atoms with Crippen LogP contribution in [-0.4, -0.2) is 0 Å². The number of rotatable bonds is 2. The van der Waals surface area contributed by atoms with E-state index in [0.717, 1.165) is 12.1 Å². The van der Waals surface area contributed by atoms with Gasteiger partial charge in [0.2, 0.25) is 0 Å². The summed E-state index contributed by atoms with van der Waals surface area (Å²) in [7, 11) is 0. The van der Waals surface area contributed by atoms with Gasteiger partial charge in [-0.3, -0.25) is 0 Å². The Kier molecular flexibility index (Phi) is 4.15. The van der Waals surface area contributed by atoms with Crippen LogP contribution in [0.3, 0.4) is 0 Å². The summed E-state index contributed by atoms with van der Waals surface area (Å²) in [5, 5.41) is 0. The number of halogens is 5. The van der Waals surface area contributed by atoms with E-state index in [-0.39, 0.29) is 5.56 Å². The van der Waals surface area contributed by atoms with Gasteiger partial charge in [-0.05, 0) is 41.5 Å². The number of hydrogen-bond donors (Lipinski definition) is 1. The van der Waals surface area contributed by atoms with Crippen LogP contribution in [0.1, 0.15) is 22.7 Å². The molecule has 0 saturated heterocycles. The van der Waals surface area contributed by atoms with Crippen molar-refractivity contribution in [3.8, 4) is 0 Å². The molecular formula is C14H10BrF4N. The molecule has 0 saturated carbocycles. The third-order valence-electron chi connectivity index (χ3n) is 2.87. The molecule has 0 radical (unpaired) electrons. The minimum atomic E-state index is -4.44. The molecule has 2 N–H and O–H groups in total. The van der Waals surface area contributed by atoms with Crippen LogP contribution < -0.4 is 5.73 Å². The van der Waals surface area contributed by atoms with Gasteiger partial charge in [0, 0.05) is 4.47 Å². The van der Waals surface area contributed by atoms with E-state index in [9.17, 15) is 17.6 Å². The Morgan fingerprint density at radius 1 is 1.05 bits per heavy atom. The minimum absolute atomic E-state index is 0.270. The molecule has 0 aromatic heterocycles. The van der Waals surface area contributed by atoms with Crippen LogP contribution in [0.5, 0.6) is 0 Å². The predicted molar refractivity (Wildman–Crippen MR) is 71.6 cm³/mol. The van der Waals surface area contributed by atoms with Crippen molar-refractivity contribution in [3.05, 3.63) is 69.4 Å². The molecule has 0 bridgehead atoms. The number of alkyl halides is 3. The highest BCUT2D eigenvalue weighted by Gasteiger charge is 2.31. The topological polar surface area (TPSA) is 26.0 Å². The standard InChI is InChI=1S/C14H10BrF4N/c15-12-5-4-10(16)7-11(12)13(20)8-2-1-3-9(6-8)14(17,18)19/h1-7,13H,20H2. The van der Waals surface area contributed by atoms with Crippen molar-refractivity contribution in [1.82, 2.24) is 0 Å². The van der Waals surface area contributed by atoms with Crippen LogP contribution in [0.4, 0.5) is 17.6 Å². The van der Waals surface area contributed by atoms with Gasteiger partial charge in [0.1, 0.15) is 5.82 Å². The van der Waals surface area contributed by atoms with Crippen molar-refractivity contribution in [2.45, 2.75) is 12.2 Å². The minimum Gasteiger partial charge on any atom is -0.320 e. The molecule has 6 heteroatoms. The molecule has 0 heterocycles. The van der Waals surface area contributed by atoms with Crippen LogP contribution in [0.2, 0.25) is 0 Å². The zero-order chi connectivity index (χ0) is 14.9. The number of nitrogens with two attached hydrogens (primary N) is 1. The van der Waals surface area contributed by atoms with Gasteiger partial charge in [0.25, 0.3) is 0 Å². The fourth-order valence-corrected chi connectivity index (χ4v) is 2.33. The van der Waals surface area contributed by atoms with Gasteiger partial charge >= 0.3 is 6.18 Å². The molecule has 2 aromatic carbocycles. The average molecular weight is 348 g/mol. The highest BCUT2D eigenvalue weighted by Crippen LogP contribution is 2.33. The second kappa shape index (κ2) is 5.54. The van der Waals surface area contributed by atoms with Crippen LogP contribution in [-0.2, 0) is 6.18 Å². The molecule has 0 aliphatic rings. The SMILES string of the molecule is NC(c1cccc(C(F)(F)F)c1)c1cc(F)ccc1Br. The van der Waals surface area contributed by atoms with Gasteiger partial charge in [-0.15, -0.1) is 0 Å². The van der Waals surface area contributed by atoms with Gasteiger partial charge in [0.05, 0.1) is 11.6 Å². The van der Waals surface area contributed by atoms with E-state index in [1.165, 1.54) is 30.3 Å². The summed E-state index contributed by atoms with van der Waals surface area (Å²) in [4.78, 5) is 0.